The largest absolute Gasteiger partial charge is 0.504 e. The van der Waals surface area contributed by atoms with E-state index in [-0.39, 0.29) is 12.4 Å². The molecule has 6 heteroatoms. The van der Waals surface area contributed by atoms with Crippen LogP contribution in [0.3, 0.4) is 0 Å². The van der Waals surface area contributed by atoms with Gasteiger partial charge in [0.25, 0.3) is 0 Å². The van der Waals surface area contributed by atoms with E-state index in [1.54, 1.807) is 12.1 Å². The maximum absolute atomic E-state index is 9.89. The number of aromatic hydroxyl groups is 1. The van der Waals surface area contributed by atoms with Crippen molar-refractivity contribution in [1.82, 2.24) is 5.32 Å². The molecule has 0 saturated carbocycles. The van der Waals surface area contributed by atoms with Gasteiger partial charge < -0.3 is 30.5 Å². The van der Waals surface area contributed by atoms with Crippen LogP contribution in [0.1, 0.15) is 11.6 Å². The van der Waals surface area contributed by atoms with Gasteiger partial charge in [0, 0.05) is 0 Å². The Kier molecular flexibility index (Phi) is 3.72. The summed E-state index contributed by atoms with van der Waals surface area (Å²) in [7, 11) is 1.45. The summed E-state index contributed by atoms with van der Waals surface area (Å²) in [6, 6.07) is 3.62. The Morgan fingerprint density at radius 3 is 2.50 bits per heavy atom. The van der Waals surface area contributed by atoms with Crippen molar-refractivity contribution in [3.8, 4) is 11.5 Å². The van der Waals surface area contributed by atoms with Crippen LogP contribution < -0.4 is 10.1 Å². The molecule has 1 fully saturated rings. The number of methoxy groups -OCH3 is 1. The molecule has 1 aliphatic rings. The van der Waals surface area contributed by atoms with Gasteiger partial charge in [-0.25, -0.2) is 0 Å². The van der Waals surface area contributed by atoms with Gasteiger partial charge in [0.1, 0.15) is 6.10 Å². The Labute approximate surface area is 104 Å². The molecular formula is C12H17NO5. The number of phenolic OH excluding ortho intramolecular Hbond substituents is 1. The second kappa shape index (κ2) is 5.11. The maximum Gasteiger partial charge on any atom is 0.160 e. The molecule has 0 unspecified atom stereocenters. The van der Waals surface area contributed by atoms with Crippen LogP contribution in [0.5, 0.6) is 11.5 Å². The molecule has 1 aromatic carbocycles. The fourth-order valence-corrected chi connectivity index (χ4v) is 2.22. The number of rotatable bonds is 3. The molecule has 0 radical (unpaired) electrons. The van der Waals surface area contributed by atoms with Gasteiger partial charge >= 0.3 is 0 Å². The average Bonchev–Trinajstić information content (AvgIpc) is 2.66. The molecule has 0 aliphatic carbocycles. The van der Waals surface area contributed by atoms with Crippen molar-refractivity contribution in [3.05, 3.63) is 23.8 Å². The highest BCUT2D eigenvalue weighted by atomic mass is 16.5. The van der Waals surface area contributed by atoms with Gasteiger partial charge in [0.05, 0.1) is 31.9 Å². The maximum atomic E-state index is 9.89. The molecule has 0 bridgehead atoms. The first-order chi connectivity index (χ1) is 8.58. The second-order valence-electron chi connectivity index (χ2n) is 4.35. The van der Waals surface area contributed by atoms with E-state index < -0.39 is 24.3 Å². The van der Waals surface area contributed by atoms with Crippen molar-refractivity contribution in [1.29, 1.82) is 0 Å². The average molecular weight is 255 g/mol. The number of phenols is 1. The summed E-state index contributed by atoms with van der Waals surface area (Å²) in [6.45, 7) is -0.267. The molecule has 0 spiro atoms. The fraction of sp³-hybridized carbons (Fsp3) is 0.500. The molecule has 2 rings (SSSR count). The molecule has 0 amide bonds. The lowest BCUT2D eigenvalue weighted by atomic mass is 10.0. The Morgan fingerprint density at radius 1 is 1.28 bits per heavy atom. The first kappa shape index (κ1) is 13.1. The SMILES string of the molecule is COc1ccc([C@H]2N[C@H](CO)[C@@H](O)[C@@H]2O)cc1O. The van der Waals surface area contributed by atoms with Crippen molar-refractivity contribution >= 4 is 0 Å². The first-order valence-corrected chi connectivity index (χ1v) is 5.68. The standard InChI is InChI=1S/C12H17NO5/c1-18-9-3-2-6(4-8(9)15)10-12(17)11(16)7(5-14)13-10/h2-4,7,10-17H,5H2,1H3/t7-,10-,11-,12-/m1/s1. The van der Waals surface area contributed by atoms with E-state index in [0.29, 0.717) is 11.3 Å². The first-order valence-electron chi connectivity index (χ1n) is 5.68. The summed E-state index contributed by atoms with van der Waals surface area (Å²) >= 11 is 0. The zero-order chi connectivity index (χ0) is 13.3. The smallest absolute Gasteiger partial charge is 0.160 e. The minimum atomic E-state index is -1.04. The molecule has 1 saturated heterocycles. The predicted molar refractivity (Wildman–Crippen MR) is 63.4 cm³/mol. The number of hydrogen-bond donors (Lipinski definition) is 5. The lowest BCUT2D eigenvalue weighted by molar-refractivity contribution is 0.0194. The number of aliphatic hydroxyl groups is 3. The summed E-state index contributed by atoms with van der Waals surface area (Å²) < 4.78 is 4.93. The van der Waals surface area contributed by atoms with E-state index in [9.17, 15) is 15.3 Å². The van der Waals surface area contributed by atoms with Crippen LogP contribution in [-0.4, -0.2) is 52.4 Å². The van der Waals surface area contributed by atoms with Crippen LogP contribution in [0, 0.1) is 0 Å². The van der Waals surface area contributed by atoms with Crippen molar-refractivity contribution in [3.63, 3.8) is 0 Å². The van der Waals surface area contributed by atoms with Gasteiger partial charge in [-0.05, 0) is 17.7 Å². The second-order valence-corrected chi connectivity index (χ2v) is 4.35. The van der Waals surface area contributed by atoms with E-state index in [2.05, 4.69) is 5.32 Å². The highest BCUT2D eigenvalue weighted by Gasteiger charge is 2.41. The van der Waals surface area contributed by atoms with Crippen molar-refractivity contribution < 1.29 is 25.2 Å². The third-order valence-electron chi connectivity index (χ3n) is 3.26. The summed E-state index contributed by atoms with van der Waals surface area (Å²) in [5, 5.41) is 41.2. The van der Waals surface area contributed by atoms with Crippen LogP contribution >= 0.6 is 0 Å². The number of hydrogen-bond acceptors (Lipinski definition) is 6. The predicted octanol–water partition coefficient (Wildman–Crippen LogP) is -0.872. The zero-order valence-electron chi connectivity index (χ0n) is 9.95. The summed E-state index contributed by atoms with van der Waals surface area (Å²) in [4.78, 5) is 0. The van der Waals surface area contributed by atoms with Crippen LogP contribution in [0.4, 0.5) is 0 Å². The molecule has 0 aromatic heterocycles. The van der Waals surface area contributed by atoms with Gasteiger partial charge in [-0.15, -0.1) is 0 Å². The molecule has 4 atom stereocenters. The number of benzene rings is 1. The van der Waals surface area contributed by atoms with Crippen LogP contribution in [0.15, 0.2) is 18.2 Å². The number of aliphatic hydroxyl groups excluding tert-OH is 3. The monoisotopic (exact) mass is 255 g/mol. The molecule has 6 nitrogen and oxygen atoms in total. The molecule has 5 N–H and O–H groups in total. The number of ether oxygens (including phenoxy) is 1. The Morgan fingerprint density at radius 2 is 2.00 bits per heavy atom. The van der Waals surface area contributed by atoms with E-state index in [0.717, 1.165) is 0 Å². The van der Waals surface area contributed by atoms with Crippen LogP contribution in [0.25, 0.3) is 0 Å². The van der Waals surface area contributed by atoms with Crippen LogP contribution in [0.2, 0.25) is 0 Å². The van der Waals surface area contributed by atoms with Crippen molar-refractivity contribution in [2.24, 2.45) is 0 Å². The van der Waals surface area contributed by atoms with Gasteiger partial charge in [-0.1, -0.05) is 6.07 Å². The number of nitrogens with one attached hydrogen (secondary N) is 1. The molecular weight excluding hydrogens is 238 g/mol. The van der Waals surface area contributed by atoms with Gasteiger partial charge in [0.15, 0.2) is 11.5 Å². The van der Waals surface area contributed by atoms with Gasteiger partial charge in [-0.2, -0.15) is 0 Å². The Hall–Kier alpha value is -1.34. The molecule has 1 heterocycles. The normalized spacial score (nSPS) is 31.6. The molecule has 1 aliphatic heterocycles. The van der Waals surface area contributed by atoms with Gasteiger partial charge in [0.2, 0.25) is 0 Å². The lowest BCUT2D eigenvalue weighted by Gasteiger charge is -2.17. The van der Waals surface area contributed by atoms with E-state index >= 15 is 0 Å². The quantitative estimate of drug-likeness (QED) is 0.481. The molecule has 100 valence electrons. The Bertz CT molecular complexity index is 425. The van der Waals surface area contributed by atoms with Crippen molar-refractivity contribution in [2.75, 3.05) is 13.7 Å². The summed E-state index contributed by atoms with van der Waals surface area (Å²) in [5.74, 6) is 0.302. The highest BCUT2D eigenvalue weighted by Crippen LogP contribution is 2.33. The van der Waals surface area contributed by atoms with E-state index in [1.165, 1.54) is 13.2 Å². The third kappa shape index (κ3) is 2.15. The molecule has 1 aromatic rings. The van der Waals surface area contributed by atoms with Crippen molar-refractivity contribution in [2.45, 2.75) is 24.3 Å². The fourth-order valence-electron chi connectivity index (χ4n) is 2.22. The lowest BCUT2D eigenvalue weighted by Crippen LogP contribution is -2.35. The summed E-state index contributed by atoms with van der Waals surface area (Å²) in [5.41, 5.74) is 0.621. The zero-order valence-corrected chi connectivity index (χ0v) is 9.95. The Balaban J connectivity index is 2.24. The van der Waals surface area contributed by atoms with E-state index in [1.807, 2.05) is 0 Å². The minimum Gasteiger partial charge on any atom is -0.504 e. The van der Waals surface area contributed by atoms with Gasteiger partial charge in [-0.3, -0.25) is 0 Å². The minimum absolute atomic E-state index is 0.0362. The topological polar surface area (TPSA) is 102 Å². The highest BCUT2D eigenvalue weighted by molar-refractivity contribution is 5.43. The summed E-state index contributed by atoms with van der Waals surface area (Å²) in [6.07, 6.45) is -2.07. The third-order valence-corrected chi connectivity index (χ3v) is 3.26. The van der Waals surface area contributed by atoms with E-state index in [4.69, 9.17) is 9.84 Å². The molecule has 18 heavy (non-hydrogen) atoms. The van der Waals surface area contributed by atoms with Crippen LogP contribution in [-0.2, 0) is 0 Å².